The topological polar surface area (TPSA) is 69.7 Å². The van der Waals surface area contributed by atoms with Crippen molar-refractivity contribution in [2.24, 2.45) is 23.2 Å². The first kappa shape index (κ1) is 23.4. The third-order valence-electron chi connectivity index (χ3n) is 8.83. The predicted molar refractivity (Wildman–Crippen MR) is 131 cm³/mol. The van der Waals surface area contributed by atoms with E-state index in [0.717, 1.165) is 49.9 Å². The van der Waals surface area contributed by atoms with E-state index in [1.165, 1.54) is 24.8 Å². The fourth-order valence-electron chi connectivity index (χ4n) is 7.47. The second-order valence-electron chi connectivity index (χ2n) is 11.3. The van der Waals surface area contributed by atoms with E-state index >= 15 is 0 Å². The first-order valence-electron chi connectivity index (χ1n) is 13.4. The van der Waals surface area contributed by atoms with Crippen LogP contribution in [0.15, 0.2) is 30.3 Å². The van der Waals surface area contributed by atoms with E-state index in [-0.39, 0.29) is 23.1 Å². The van der Waals surface area contributed by atoms with Crippen LogP contribution in [-0.4, -0.2) is 60.2 Å². The second kappa shape index (κ2) is 10.1. The summed E-state index contributed by atoms with van der Waals surface area (Å²) in [5, 5.41) is 3.12. The smallest absolute Gasteiger partial charge is 0.226 e. The van der Waals surface area contributed by atoms with Crippen LogP contribution in [0.5, 0.6) is 0 Å². The lowest BCUT2D eigenvalue weighted by Crippen LogP contribution is -2.54. The van der Waals surface area contributed by atoms with Crippen LogP contribution in [0.4, 0.5) is 0 Å². The molecular formula is C28H39N3O3. The van der Waals surface area contributed by atoms with Gasteiger partial charge in [0.15, 0.2) is 0 Å². The summed E-state index contributed by atoms with van der Waals surface area (Å²) in [6.45, 7) is 2.82. The third kappa shape index (κ3) is 5.16. The lowest BCUT2D eigenvalue weighted by molar-refractivity contribution is -0.146. The van der Waals surface area contributed by atoms with Gasteiger partial charge in [0.05, 0.1) is 0 Å². The van der Waals surface area contributed by atoms with Crippen LogP contribution in [-0.2, 0) is 20.8 Å². The van der Waals surface area contributed by atoms with Crippen molar-refractivity contribution in [3.05, 3.63) is 35.9 Å². The van der Waals surface area contributed by atoms with Gasteiger partial charge >= 0.3 is 0 Å². The monoisotopic (exact) mass is 465 g/mol. The van der Waals surface area contributed by atoms with Crippen LogP contribution < -0.4 is 5.32 Å². The fourth-order valence-corrected chi connectivity index (χ4v) is 7.47. The quantitative estimate of drug-likeness (QED) is 0.640. The Morgan fingerprint density at radius 3 is 1.88 bits per heavy atom. The Morgan fingerprint density at radius 2 is 1.32 bits per heavy atom. The molecular weight excluding hydrogens is 426 g/mol. The predicted octanol–water partition coefficient (Wildman–Crippen LogP) is 3.40. The Kier molecular flexibility index (Phi) is 6.94. The highest BCUT2D eigenvalue weighted by Gasteiger charge is 2.54. The highest BCUT2D eigenvalue weighted by Crippen LogP contribution is 2.60. The number of nitrogens with one attached hydrogen (secondary N) is 1. The molecule has 5 fully saturated rings. The minimum atomic E-state index is -0.149. The van der Waals surface area contributed by atoms with E-state index in [2.05, 4.69) is 17.4 Å². The van der Waals surface area contributed by atoms with E-state index in [0.29, 0.717) is 45.6 Å². The number of nitrogens with zero attached hydrogens (tertiary/aromatic N) is 2. The molecule has 0 atom stereocenters. The second-order valence-corrected chi connectivity index (χ2v) is 11.3. The Balaban J connectivity index is 0.994. The summed E-state index contributed by atoms with van der Waals surface area (Å²) in [7, 11) is 0. The van der Waals surface area contributed by atoms with Gasteiger partial charge in [-0.05, 0) is 74.7 Å². The maximum Gasteiger partial charge on any atom is 0.226 e. The molecule has 1 heterocycles. The van der Waals surface area contributed by atoms with Crippen molar-refractivity contribution in [1.82, 2.24) is 15.1 Å². The lowest BCUT2D eigenvalue weighted by atomic mass is 9.49. The molecule has 1 aliphatic heterocycles. The first-order valence-corrected chi connectivity index (χ1v) is 13.4. The van der Waals surface area contributed by atoms with Gasteiger partial charge in [0.2, 0.25) is 17.7 Å². The number of carbonyl (C=O) groups excluding carboxylic acids is 3. The van der Waals surface area contributed by atoms with Crippen LogP contribution in [0.25, 0.3) is 0 Å². The van der Waals surface area contributed by atoms with Crippen LogP contribution in [0, 0.1) is 23.2 Å². The summed E-state index contributed by atoms with van der Waals surface area (Å²) in [4.78, 5) is 42.1. The Hall–Kier alpha value is -2.37. The Labute approximate surface area is 203 Å². The molecule has 4 aliphatic carbocycles. The summed E-state index contributed by atoms with van der Waals surface area (Å²) in [6, 6.07) is 10.3. The molecule has 184 valence electrons. The maximum absolute atomic E-state index is 13.1. The molecule has 1 N–H and O–H groups in total. The van der Waals surface area contributed by atoms with E-state index in [9.17, 15) is 14.4 Å². The summed E-state index contributed by atoms with van der Waals surface area (Å²) in [6.07, 6.45) is 9.82. The molecule has 4 saturated carbocycles. The minimum Gasteiger partial charge on any atom is -0.355 e. The van der Waals surface area contributed by atoms with Crippen LogP contribution in [0.2, 0.25) is 0 Å². The SMILES string of the molecule is O=C(CCCc1ccccc1)N1CCN(C(=O)CCNC(=O)C23CC4CC(CC(C4)C2)C3)CC1. The van der Waals surface area contributed by atoms with E-state index in [1.54, 1.807) is 0 Å². The normalized spacial score (nSPS) is 29.8. The number of rotatable bonds is 8. The molecule has 0 unspecified atom stereocenters. The summed E-state index contributed by atoms with van der Waals surface area (Å²) in [5.41, 5.74) is 1.12. The zero-order valence-corrected chi connectivity index (χ0v) is 20.3. The zero-order chi connectivity index (χ0) is 23.5. The summed E-state index contributed by atoms with van der Waals surface area (Å²) < 4.78 is 0. The van der Waals surface area contributed by atoms with Gasteiger partial charge in [-0.15, -0.1) is 0 Å². The molecule has 1 aromatic carbocycles. The molecule has 1 aromatic rings. The maximum atomic E-state index is 13.1. The molecule has 6 heteroatoms. The van der Waals surface area contributed by atoms with Gasteiger partial charge in [0.1, 0.15) is 0 Å². The largest absolute Gasteiger partial charge is 0.355 e. The van der Waals surface area contributed by atoms with Crippen molar-refractivity contribution in [2.45, 2.75) is 64.2 Å². The lowest BCUT2D eigenvalue weighted by Gasteiger charge is -2.55. The van der Waals surface area contributed by atoms with Crippen LogP contribution in [0.3, 0.4) is 0 Å². The molecule has 34 heavy (non-hydrogen) atoms. The Morgan fingerprint density at radius 1 is 0.794 bits per heavy atom. The van der Waals surface area contributed by atoms with Crippen molar-refractivity contribution >= 4 is 17.7 Å². The van der Waals surface area contributed by atoms with Crippen molar-refractivity contribution in [1.29, 1.82) is 0 Å². The van der Waals surface area contributed by atoms with Gasteiger partial charge < -0.3 is 15.1 Å². The molecule has 5 aliphatic rings. The number of amides is 3. The Bertz CT molecular complexity index is 856. The fraction of sp³-hybridized carbons (Fsp3) is 0.679. The summed E-state index contributed by atoms with van der Waals surface area (Å²) in [5.74, 6) is 2.71. The van der Waals surface area contributed by atoms with Gasteiger partial charge in [-0.1, -0.05) is 30.3 Å². The van der Waals surface area contributed by atoms with Gasteiger partial charge in [0.25, 0.3) is 0 Å². The molecule has 4 bridgehead atoms. The van der Waals surface area contributed by atoms with Crippen molar-refractivity contribution in [3.8, 4) is 0 Å². The van der Waals surface area contributed by atoms with Crippen molar-refractivity contribution in [2.75, 3.05) is 32.7 Å². The molecule has 6 nitrogen and oxygen atoms in total. The number of hydrogen-bond acceptors (Lipinski definition) is 3. The number of piperazine rings is 1. The highest BCUT2D eigenvalue weighted by molar-refractivity contribution is 5.84. The van der Waals surface area contributed by atoms with Gasteiger partial charge in [0, 0.05) is 51.0 Å². The standard InChI is InChI=1S/C28H39N3O3/c32-25(8-4-7-21-5-2-1-3-6-21)30-11-13-31(14-12-30)26(33)9-10-29-27(34)28-18-22-15-23(19-28)17-24(16-22)20-28/h1-3,5-6,22-24H,4,7-20H2,(H,29,34). The third-order valence-corrected chi connectivity index (χ3v) is 8.83. The first-order chi connectivity index (χ1) is 16.5. The summed E-state index contributed by atoms with van der Waals surface area (Å²) >= 11 is 0. The zero-order valence-electron chi connectivity index (χ0n) is 20.3. The molecule has 3 amide bonds. The van der Waals surface area contributed by atoms with Gasteiger partial charge in [-0.25, -0.2) is 0 Å². The van der Waals surface area contributed by atoms with Crippen LogP contribution >= 0.6 is 0 Å². The minimum absolute atomic E-state index is 0.0852. The average molecular weight is 466 g/mol. The van der Waals surface area contributed by atoms with Gasteiger partial charge in [-0.3, -0.25) is 14.4 Å². The number of aryl methyl sites for hydroxylation is 1. The van der Waals surface area contributed by atoms with Gasteiger partial charge in [-0.2, -0.15) is 0 Å². The number of carbonyl (C=O) groups is 3. The van der Waals surface area contributed by atoms with E-state index < -0.39 is 0 Å². The average Bonchev–Trinajstić information content (AvgIpc) is 2.84. The van der Waals surface area contributed by atoms with Crippen LogP contribution in [0.1, 0.15) is 63.4 Å². The van der Waals surface area contributed by atoms with Crippen molar-refractivity contribution < 1.29 is 14.4 Å². The molecule has 0 aromatic heterocycles. The highest BCUT2D eigenvalue weighted by atomic mass is 16.2. The molecule has 6 rings (SSSR count). The molecule has 0 radical (unpaired) electrons. The van der Waals surface area contributed by atoms with E-state index in [1.807, 2.05) is 28.0 Å². The van der Waals surface area contributed by atoms with Crippen molar-refractivity contribution in [3.63, 3.8) is 0 Å². The number of hydrogen-bond donors (Lipinski definition) is 1. The molecule has 1 saturated heterocycles. The van der Waals surface area contributed by atoms with E-state index in [4.69, 9.17) is 0 Å². The number of benzene rings is 1. The molecule has 0 spiro atoms.